The third-order valence-corrected chi connectivity index (χ3v) is 4.50. The first-order valence-electron chi connectivity index (χ1n) is 5.91. The molecule has 1 fully saturated rings. The summed E-state index contributed by atoms with van der Waals surface area (Å²) in [5.41, 5.74) is 0.454. The summed E-state index contributed by atoms with van der Waals surface area (Å²) in [4.78, 5) is 27.2. The van der Waals surface area contributed by atoms with E-state index in [2.05, 4.69) is 26.2 Å². The van der Waals surface area contributed by atoms with E-state index in [-0.39, 0.29) is 5.91 Å². The zero-order valence-electron chi connectivity index (χ0n) is 10.9. The van der Waals surface area contributed by atoms with Gasteiger partial charge in [0.05, 0.1) is 11.8 Å². The zero-order chi connectivity index (χ0) is 14.4. The minimum atomic E-state index is -0.926. The van der Waals surface area contributed by atoms with Gasteiger partial charge in [0, 0.05) is 10.7 Å². The van der Waals surface area contributed by atoms with Crippen LogP contribution in [0.3, 0.4) is 0 Å². The lowest BCUT2D eigenvalue weighted by molar-refractivity contribution is -0.140. The van der Waals surface area contributed by atoms with Gasteiger partial charge in [0.25, 0.3) is 0 Å². The monoisotopic (exact) mass is 326 g/mol. The smallest absolute Gasteiger partial charge is 0.307 e. The van der Waals surface area contributed by atoms with Gasteiger partial charge in [-0.05, 0) is 39.9 Å². The SMILES string of the molecule is Cc1cc(NC(=O)[C@H]2[C@@H](C(=O)O)C2(C)C)ncc1Br. The Morgan fingerprint density at radius 1 is 1.42 bits per heavy atom. The van der Waals surface area contributed by atoms with E-state index in [1.54, 1.807) is 26.1 Å². The largest absolute Gasteiger partial charge is 0.481 e. The lowest BCUT2D eigenvalue weighted by atomic mass is 10.1. The van der Waals surface area contributed by atoms with Crippen molar-refractivity contribution in [1.82, 2.24) is 4.98 Å². The number of nitrogens with zero attached hydrogens (tertiary/aromatic N) is 1. The van der Waals surface area contributed by atoms with Gasteiger partial charge in [0.15, 0.2) is 0 Å². The molecule has 0 spiro atoms. The molecule has 2 atom stereocenters. The molecule has 1 saturated carbocycles. The average molecular weight is 327 g/mol. The number of pyridine rings is 1. The molecule has 0 bridgehead atoms. The molecule has 1 amide bonds. The molecular weight excluding hydrogens is 312 g/mol. The van der Waals surface area contributed by atoms with Gasteiger partial charge in [-0.1, -0.05) is 13.8 Å². The van der Waals surface area contributed by atoms with E-state index in [1.165, 1.54) is 0 Å². The minimum absolute atomic E-state index is 0.286. The van der Waals surface area contributed by atoms with Crippen LogP contribution in [-0.2, 0) is 9.59 Å². The number of halogens is 1. The second-order valence-electron chi connectivity index (χ2n) is 5.42. The lowest BCUT2D eigenvalue weighted by Crippen LogP contribution is -2.18. The molecule has 0 aliphatic heterocycles. The Balaban J connectivity index is 2.10. The lowest BCUT2D eigenvalue weighted by Gasteiger charge is -2.06. The van der Waals surface area contributed by atoms with Crippen molar-refractivity contribution < 1.29 is 14.7 Å². The molecule has 1 heterocycles. The maximum Gasteiger partial charge on any atom is 0.307 e. The highest BCUT2D eigenvalue weighted by atomic mass is 79.9. The van der Waals surface area contributed by atoms with E-state index < -0.39 is 23.2 Å². The summed E-state index contributed by atoms with van der Waals surface area (Å²) >= 11 is 3.33. The van der Waals surface area contributed by atoms with E-state index in [9.17, 15) is 9.59 Å². The van der Waals surface area contributed by atoms with Crippen LogP contribution in [0.5, 0.6) is 0 Å². The van der Waals surface area contributed by atoms with Crippen molar-refractivity contribution in [3.05, 3.63) is 22.3 Å². The Hall–Kier alpha value is -1.43. The quantitative estimate of drug-likeness (QED) is 0.894. The van der Waals surface area contributed by atoms with Gasteiger partial charge in [-0.2, -0.15) is 0 Å². The van der Waals surface area contributed by atoms with E-state index >= 15 is 0 Å². The molecule has 0 aromatic carbocycles. The van der Waals surface area contributed by atoms with Crippen LogP contribution in [0.2, 0.25) is 0 Å². The molecule has 5 nitrogen and oxygen atoms in total. The van der Waals surface area contributed by atoms with Crippen LogP contribution in [0, 0.1) is 24.2 Å². The molecular formula is C13H15BrN2O3. The topological polar surface area (TPSA) is 79.3 Å². The zero-order valence-corrected chi connectivity index (χ0v) is 12.5. The molecule has 2 N–H and O–H groups in total. The van der Waals surface area contributed by atoms with Crippen LogP contribution < -0.4 is 5.32 Å². The summed E-state index contributed by atoms with van der Waals surface area (Å²) in [5.74, 6) is -1.89. The van der Waals surface area contributed by atoms with Crippen LogP contribution >= 0.6 is 15.9 Å². The summed E-state index contributed by atoms with van der Waals surface area (Å²) < 4.78 is 0.862. The fraction of sp³-hybridized carbons (Fsp3) is 0.462. The van der Waals surface area contributed by atoms with E-state index in [4.69, 9.17) is 5.11 Å². The number of carbonyl (C=O) groups excluding carboxylic acids is 1. The van der Waals surface area contributed by atoms with Crippen molar-refractivity contribution in [1.29, 1.82) is 0 Å². The first-order valence-corrected chi connectivity index (χ1v) is 6.70. The van der Waals surface area contributed by atoms with Crippen molar-refractivity contribution in [3.8, 4) is 0 Å². The van der Waals surface area contributed by atoms with Gasteiger partial charge in [0.1, 0.15) is 5.82 Å². The standard InChI is InChI=1S/C13H15BrN2O3/c1-6-4-8(15-5-7(6)14)16-11(17)9-10(12(18)19)13(9,2)3/h4-5,9-10H,1-3H3,(H,18,19)(H,15,16,17)/t9-,10+/m1/s1. The maximum absolute atomic E-state index is 12.1. The Labute approximate surface area is 119 Å². The van der Waals surface area contributed by atoms with Crippen molar-refractivity contribution in [2.24, 2.45) is 17.3 Å². The highest BCUT2D eigenvalue weighted by Gasteiger charge is 2.65. The van der Waals surface area contributed by atoms with Gasteiger partial charge in [-0.3, -0.25) is 9.59 Å². The number of carbonyl (C=O) groups is 2. The molecule has 0 unspecified atom stereocenters. The van der Waals surface area contributed by atoms with Crippen LogP contribution in [0.1, 0.15) is 19.4 Å². The summed E-state index contributed by atoms with van der Waals surface area (Å²) in [6.07, 6.45) is 1.61. The van der Waals surface area contributed by atoms with E-state index in [0.29, 0.717) is 5.82 Å². The van der Waals surface area contributed by atoms with Gasteiger partial charge in [0.2, 0.25) is 5.91 Å². The third-order valence-electron chi connectivity index (χ3n) is 3.67. The van der Waals surface area contributed by atoms with Crippen molar-refractivity contribution in [3.63, 3.8) is 0 Å². The van der Waals surface area contributed by atoms with Gasteiger partial charge in [-0.25, -0.2) is 4.98 Å². The summed E-state index contributed by atoms with van der Waals surface area (Å²) in [5, 5.41) is 11.7. The van der Waals surface area contributed by atoms with Crippen LogP contribution in [-0.4, -0.2) is 22.0 Å². The van der Waals surface area contributed by atoms with Crippen molar-refractivity contribution in [2.75, 3.05) is 5.32 Å². The normalized spacial score (nSPS) is 23.8. The fourth-order valence-corrected chi connectivity index (χ4v) is 2.62. The Morgan fingerprint density at radius 2 is 2.05 bits per heavy atom. The van der Waals surface area contributed by atoms with Gasteiger partial charge < -0.3 is 10.4 Å². The summed E-state index contributed by atoms with van der Waals surface area (Å²) in [7, 11) is 0. The Morgan fingerprint density at radius 3 is 2.53 bits per heavy atom. The van der Waals surface area contributed by atoms with Crippen LogP contribution in [0.25, 0.3) is 0 Å². The number of amides is 1. The number of carboxylic acid groups (broad SMARTS) is 1. The molecule has 19 heavy (non-hydrogen) atoms. The van der Waals surface area contributed by atoms with Gasteiger partial charge in [-0.15, -0.1) is 0 Å². The number of hydrogen-bond donors (Lipinski definition) is 2. The highest BCUT2D eigenvalue weighted by molar-refractivity contribution is 9.10. The highest BCUT2D eigenvalue weighted by Crippen LogP contribution is 2.58. The molecule has 1 aromatic heterocycles. The molecule has 1 aromatic rings. The average Bonchev–Trinajstić information content (AvgIpc) is 2.87. The fourth-order valence-electron chi connectivity index (χ4n) is 2.40. The summed E-state index contributed by atoms with van der Waals surface area (Å²) in [6.45, 7) is 5.47. The molecule has 102 valence electrons. The maximum atomic E-state index is 12.1. The third kappa shape index (κ3) is 2.49. The van der Waals surface area contributed by atoms with Crippen molar-refractivity contribution in [2.45, 2.75) is 20.8 Å². The van der Waals surface area contributed by atoms with Crippen molar-refractivity contribution >= 4 is 33.6 Å². The predicted molar refractivity (Wildman–Crippen MR) is 73.7 cm³/mol. The molecule has 6 heteroatoms. The van der Waals surface area contributed by atoms with E-state index in [0.717, 1.165) is 10.0 Å². The number of rotatable bonds is 3. The number of aryl methyl sites for hydroxylation is 1. The second kappa shape index (κ2) is 4.59. The minimum Gasteiger partial charge on any atom is -0.481 e. The predicted octanol–water partition coefficient (Wildman–Crippen LogP) is 2.45. The molecule has 0 radical (unpaired) electrons. The number of aliphatic carboxylic acids is 1. The molecule has 2 rings (SSSR count). The van der Waals surface area contributed by atoms with Crippen LogP contribution in [0.4, 0.5) is 5.82 Å². The van der Waals surface area contributed by atoms with Gasteiger partial charge >= 0.3 is 5.97 Å². The first-order chi connectivity index (χ1) is 8.75. The second-order valence-corrected chi connectivity index (χ2v) is 6.28. The number of nitrogens with one attached hydrogen (secondary N) is 1. The Bertz CT molecular complexity index is 557. The molecule has 0 saturated heterocycles. The number of carboxylic acids is 1. The Kier molecular flexibility index (Phi) is 3.38. The summed E-state index contributed by atoms with van der Waals surface area (Å²) in [6, 6.07) is 1.74. The number of hydrogen-bond acceptors (Lipinski definition) is 3. The van der Waals surface area contributed by atoms with Crippen LogP contribution in [0.15, 0.2) is 16.7 Å². The number of aromatic nitrogens is 1. The molecule has 1 aliphatic carbocycles. The first kappa shape index (κ1) is 14.0. The van der Waals surface area contributed by atoms with E-state index in [1.807, 2.05) is 6.92 Å². The number of anilines is 1. The molecule has 1 aliphatic rings.